The van der Waals surface area contributed by atoms with Gasteiger partial charge in [-0.05, 0) is 43.4 Å². The number of esters is 1. The molecule has 1 aliphatic heterocycles. The maximum atomic E-state index is 14.1. The first-order valence-electron chi connectivity index (χ1n) is 13.4. The van der Waals surface area contributed by atoms with Gasteiger partial charge in [0.05, 0.1) is 18.4 Å². The quantitative estimate of drug-likeness (QED) is 0.174. The number of halogens is 5. The monoisotopic (exact) mass is 611 g/mol. The molecule has 0 radical (unpaired) electrons. The van der Waals surface area contributed by atoms with Crippen molar-refractivity contribution >= 4 is 41.4 Å². The summed E-state index contributed by atoms with van der Waals surface area (Å²) >= 11 is 6.05. The van der Waals surface area contributed by atoms with E-state index in [1.54, 1.807) is 19.1 Å². The first kappa shape index (κ1) is 31.1. The van der Waals surface area contributed by atoms with Crippen LogP contribution in [0.3, 0.4) is 0 Å². The van der Waals surface area contributed by atoms with E-state index >= 15 is 0 Å². The number of fused-ring (bicyclic) bond motifs is 1. The van der Waals surface area contributed by atoms with Gasteiger partial charge in [-0.3, -0.25) is 14.4 Å². The summed E-state index contributed by atoms with van der Waals surface area (Å²) in [6, 6.07) is 2.11. The van der Waals surface area contributed by atoms with E-state index in [1.807, 2.05) is 0 Å². The van der Waals surface area contributed by atoms with E-state index in [9.17, 15) is 36.7 Å². The van der Waals surface area contributed by atoms with Crippen LogP contribution in [0.15, 0.2) is 24.3 Å². The topological polar surface area (TPSA) is 102 Å². The standard InChI is InChI=1S/C29H27ClF4N2O6/c1-2-22(36-10-9-15-7-8-16(30)11-18(15)29(36)40)28(39)35-21(13-24(38)42-17-5-3-4-6-17)23(37)14-41-27-25(33)19(31)12-20(32)26(27)34/h7-8,10-12,17,21-22H,2-6,9,13-14H2,1H3/p+1/t21?,22-/m0/s1. The molecule has 0 aromatic heterocycles. The molecule has 8 nitrogen and oxygen atoms in total. The minimum absolute atomic E-state index is 0.0163. The molecule has 0 spiro atoms. The number of nitrogens with one attached hydrogen (secondary N) is 1. The molecule has 2 aromatic carbocycles. The van der Waals surface area contributed by atoms with Crippen LogP contribution in [-0.2, 0) is 25.5 Å². The van der Waals surface area contributed by atoms with E-state index in [1.165, 1.54) is 16.9 Å². The molecule has 1 aliphatic carbocycles. The Morgan fingerprint density at radius 3 is 2.38 bits per heavy atom. The zero-order valence-electron chi connectivity index (χ0n) is 22.6. The SMILES string of the molecule is CC[C@@H](C(=O)NC(CC(=O)OC1CCCC1)C(=O)COc1c(F)c(F)cc(F)c1F)[N+]1=CCc2ccc(Cl)cc2C1=O. The Labute approximate surface area is 243 Å². The van der Waals surface area contributed by atoms with Crippen molar-refractivity contribution in [2.75, 3.05) is 6.61 Å². The van der Waals surface area contributed by atoms with Crippen LogP contribution in [0, 0.1) is 23.3 Å². The van der Waals surface area contributed by atoms with Crippen LogP contribution >= 0.6 is 11.6 Å². The highest BCUT2D eigenvalue weighted by Crippen LogP contribution is 2.27. The molecule has 2 atom stereocenters. The predicted octanol–water partition coefficient (Wildman–Crippen LogP) is 4.46. The summed E-state index contributed by atoms with van der Waals surface area (Å²) in [4.78, 5) is 52.3. The van der Waals surface area contributed by atoms with Crippen LogP contribution in [-0.4, -0.2) is 59.2 Å². The Bertz CT molecular complexity index is 1420. The van der Waals surface area contributed by atoms with Gasteiger partial charge in [-0.15, -0.1) is 0 Å². The van der Waals surface area contributed by atoms with E-state index in [2.05, 4.69) is 5.32 Å². The third-order valence-electron chi connectivity index (χ3n) is 7.18. The Hall–Kier alpha value is -3.80. The summed E-state index contributed by atoms with van der Waals surface area (Å²) in [5, 5.41) is 2.75. The maximum absolute atomic E-state index is 14.1. The summed E-state index contributed by atoms with van der Waals surface area (Å²) in [5.41, 5.74) is 1.02. The zero-order chi connectivity index (χ0) is 30.6. The summed E-state index contributed by atoms with van der Waals surface area (Å²) in [6.07, 6.45) is 3.97. The first-order chi connectivity index (χ1) is 20.0. The van der Waals surface area contributed by atoms with Crippen LogP contribution < -0.4 is 10.1 Å². The van der Waals surface area contributed by atoms with Gasteiger partial charge in [0.15, 0.2) is 29.4 Å². The fraction of sp³-hybridized carbons (Fsp3) is 0.414. The molecule has 42 heavy (non-hydrogen) atoms. The molecule has 0 bridgehead atoms. The van der Waals surface area contributed by atoms with Gasteiger partial charge < -0.3 is 14.8 Å². The third kappa shape index (κ3) is 6.97. The van der Waals surface area contributed by atoms with Crippen molar-refractivity contribution in [1.82, 2.24) is 5.32 Å². The number of amides is 2. The van der Waals surface area contributed by atoms with Crippen molar-refractivity contribution in [2.24, 2.45) is 0 Å². The molecular weight excluding hydrogens is 584 g/mol. The number of ether oxygens (including phenoxy) is 2. The number of ketones is 1. The Balaban J connectivity index is 1.52. The molecule has 1 N–H and O–H groups in total. The number of rotatable bonds is 11. The van der Waals surface area contributed by atoms with Gasteiger partial charge in [-0.2, -0.15) is 13.4 Å². The smallest absolute Gasteiger partial charge is 0.420 e. The van der Waals surface area contributed by atoms with Gasteiger partial charge in [-0.25, -0.2) is 13.6 Å². The van der Waals surface area contributed by atoms with Crippen molar-refractivity contribution < 1.29 is 50.8 Å². The Morgan fingerprint density at radius 2 is 1.74 bits per heavy atom. The van der Waals surface area contributed by atoms with Crippen molar-refractivity contribution in [3.63, 3.8) is 0 Å². The number of hydrogen-bond acceptors (Lipinski definition) is 6. The molecule has 1 heterocycles. The summed E-state index contributed by atoms with van der Waals surface area (Å²) in [5.74, 6) is -11.8. The maximum Gasteiger partial charge on any atom is 0.420 e. The highest BCUT2D eigenvalue weighted by molar-refractivity contribution is 6.31. The average Bonchev–Trinajstić information content (AvgIpc) is 3.46. The molecule has 0 saturated heterocycles. The van der Waals surface area contributed by atoms with E-state index < -0.39 is 77.7 Å². The second-order valence-corrected chi connectivity index (χ2v) is 10.5. The van der Waals surface area contributed by atoms with Crippen molar-refractivity contribution in [3.05, 3.63) is 63.7 Å². The fourth-order valence-electron chi connectivity index (χ4n) is 4.96. The summed E-state index contributed by atoms with van der Waals surface area (Å²) in [6.45, 7) is 0.493. The molecule has 1 unspecified atom stereocenters. The van der Waals surface area contributed by atoms with Gasteiger partial charge in [-0.1, -0.05) is 24.6 Å². The number of carbonyl (C=O) groups excluding carboxylic acids is 4. The normalized spacial score (nSPS) is 16.3. The second-order valence-electron chi connectivity index (χ2n) is 10.0. The molecule has 2 amide bonds. The van der Waals surface area contributed by atoms with Crippen LogP contribution in [0.25, 0.3) is 0 Å². The molecular formula is C29H28ClF4N2O6+. The number of carbonyl (C=O) groups is 4. The minimum Gasteiger partial charge on any atom is -0.479 e. The Kier molecular flexibility index (Phi) is 9.97. The van der Waals surface area contributed by atoms with E-state index in [-0.39, 0.29) is 18.6 Å². The van der Waals surface area contributed by atoms with E-state index in [0.717, 1.165) is 12.8 Å². The lowest BCUT2D eigenvalue weighted by atomic mass is 9.99. The van der Waals surface area contributed by atoms with Crippen molar-refractivity contribution in [1.29, 1.82) is 0 Å². The molecule has 224 valence electrons. The molecule has 4 rings (SSSR count). The van der Waals surface area contributed by atoms with Crippen molar-refractivity contribution in [3.8, 4) is 5.75 Å². The fourth-order valence-corrected chi connectivity index (χ4v) is 5.14. The Morgan fingerprint density at radius 1 is 1.07 bits per heavy atom. The highest BCUT2D eigenvalue weighted by Gasteiger charge is 2.39. The minimum atomic E-state index is -1.85. The zero-order valence-corrected chi connectivity index (χ0v) is 23.3. The van der Waals surface area contributed by atoms with Gasteiger partial charge in [0.25, 0.3) is 5.91 Å². The van der Waals surface area contributed by atoms with Gasteiger partial charge in [0.2, 0.25) is 17.7 Å². The van der Waals surface area contributed by atoms with E-state index in [0.29, 0.717) is 35.4 Å². The predicted molar refractivity (Wildman–Crippen MR) is 142 cm³/mol. The molecule has 2 aromatic rings. The molecule has 13 heteroatoms. The van der Waals surface area contributed by atoms with Crippen LogP contribution in [0.5, 0.6) is 5.75 Å². The summed E-state index contributed by atoms with van der Waals surface area (Å²) < 4.78 is 66.7. The van der Waals surface area contributed by atoms with Crippen LogP contribution in [0.2, 0.25) is 5.02 Å². The molecule has 1 fully saturated rings. The number of nitrogens with zero attached hydrogens (tertiary/aromatic N) is 1. The average molecular weight is 612 g/mol. The largest absolute Gasteiger partial charge is 0.479 e. The lowest BCUT2D eigenvalue weighted by Crippen LogP contribution is -2.52. The molecule has 1 saturated carbocycles. The highest BCUT2D eigenvalue weighted by atomic mass is 35.5. The van der Waals surface area contributed by atoms with Gasteiger partial charge >= 0.3 is 11.9 Å². The lowest BCUT2D eigenvalue weighted by Gasteiger charge is -2.22. The number of benzene rings is 2. The molecule has 2 aliphatic rings. The first-order valence-corrected chi connectivity index (χ1v) is 13.8. The van der Waals surface area contributed by atoms with Crippen LogP contribution in [0.4, 0.5) is 17.6 Å². The van der Waals surface area contributed by atoms with Crippen molar-refractivity contribution in [2.45, 2.75) is 70.1 Å². The van der Waals surface area contributed by atoms with Crippen LogP contribution in [0.1, 0.15) is 61.4 Å². The van der Waals surface area contributed by atoms with Gasteiger partial charge in [0.1, 0.15) is 18.8 Å². The number of Topliss-reactive ketones (excluding diaryl/α,β-unsaturated/α-hetero) is 1. The van der Waals surface area contributed by atoms with E-state index in [4.69, 9.17) is 21.1 Å². The lowest BCUT2D eigenvalue weighted by molar-refractivity contribution is -0.456. The second kappa shape index (κ2) is 13.5. The van der Waals surface area contributed by atoms with Gasteiger partial charge in [0, 0.05) is 17.5 Å². The third-order valence-corrected chi connectivity index (χ3v) is 7.41. The summed E-state index contributed by atoms with van der Waals surface area (Å²) in [7, 11) is 0. The number of hydrogen-bond donors (Lipinski definition) is 1.